The van der Waals surface area contributed by atoms with E-state index in [0.29, 0.717) is 12.2 Å². The van der Waals surface area contributed by atoms with E-state index >= 15 is 0 Å². The zero-order valence-corrected chi connectivity index (χ0v) is 14.8. The predicted octanol–water partition coefficient (Wildman–Crippen LogP) is 2.93. The largest absolute Gasteiger partial charge is 0.329 e. The van der Waals surface area contributed by atoms with Crippen molar-refractivity contribution in [2.45, 2.75) is 17.0 Å². The van der Waals surface area contributed by atoms with E-state index in [4.69, 9.17) is 0 Å². The van der Waals surface area contributed by atoms with Gasteiger partial charge in [-0.2, -0.15) is 0 Å². The Labute approximate surface area is 145 Å². The first-order valence-corrected chi connectivity index (χ1v) is 7.73. The van der Waals surface area contributed by atoms with Crippen molar-refractivity contribution in [3.63, 3.8) is 0 Å². The molecule has 1 aromatic heterocycles. The van der Waals surface area contributed by atoms with Gasteiger partial charge < -0.3 is 15.2 Å². The number of halogens is 2. The number of nitrogens with one attached hydrogen (secondary N) is 2. The van der Waals surface area contributed by atoms with Gasteiger partial charge in [-0.1, -0.05) is 6.92 Å². The van der Waals surface area contributed by atoms with Crippen molar-refractivity contribution >= 4 is 35.8 Å². The number of aromatic nitrogens is 2. The fourth-order valence-electron chi connectivity index (χ4n) is 1.89. The van der Waals surface area contributed by atoms with E-state index in [0.717, 1.165) is 10.1 Å². The highest BCUT2D eigenvalue weighted by atomic mass is 35.5. The topological polar surface area (TPSA) is 59.0 Å². The number of rotatable bonds is 6. The quantitative estimate of drug-likeness (QED) is 0.833. The fraction of sp³-hybridized carbons (Fsp3) is 0.333. The fourth-order valence-corrected chi connectivity index (χ4v) is 2.76. The molecule has 0 fully saturated rings. The van der Waals surface area contributed by atoms with Gasteiger partial charge >= 0.3 is 0 Å². The van der Waals surface area contributed by atoms with Crippen LogP contribution in [-0.4, -0.2) is 29.1 Å². The predicted molar refractivity (Wildman–Crippen MR) is 92.7 cm³/mol. The SMILES string of the molecule is CNCC(C)C(=O)Nc1cc(F)ccc1Sc1nccn1C.Cl. The lowest BCUT2D eigenvalue weighted by Gasteiger charge is -2.14. The molecule has 1 amide bonds. The molecule has 1 unspecified atom stereocenters. The summed E-state index contributed by atoms with van der Waals surface area (Å²) in [5, 5.41) is 6.51. The van der Waals surface area contributed by atoms with Crippen LogP contribution in [0.4, 0.5) is 10.1 Å². The maximum Gasteiger partial charge on any atom is 0.228 e. The highest BCUT2D eigenvalue weighted by Gasteiger charge is 2.15. The molecule has 0 spiro atoms. The van der Waals surface area contributed by atoms with E-state index in [1.54, 1.807) is 19.3 Å². The number of nitrogens with zero attached hydrogens (tertiary/aromatic N) is 2. The third-order valence-electron chi connectivity index (χ3n) is 3.14. The van der Waals surface area contributed by atoms with E-state index in [1.807, 2.05) is 24.7 Å². The van der Waals surface area contributed by atoms with Crippen LogP contribution in [0.15, 0.2) is 40.6 Å². The minimum absolute atomic E-state index is 0. The Hall–Kier alpha value is -1.57. The van der Waals surface area contributed by atoms with Gasteiger partial charge in [-0.25, -0.2) is 9.37 Å². The molecule has 0 radical (unpaired) electrons. The minimum atomic E-state index is -0.388. The summed E-state index contributed by atoms with van der Waals surface area (Å²) in [6.07, 6.45) is 3.53. The van der Waals surface area contributed by atoms with E-state index < -0.39 is 0 Å². The Morgan fingerprint density at radius 2 is 2.22 bits per heavy atom. The number of amides is 1. The molecular weight excluding hydrogens is 339 g/mol. The van der Waals surface area contributed by atoms with Crippen LogP contribution in [0.2, 0.25) is 0 Å². The highest BCUT2D eigenvalue weighted by molar-refractivity contribution is 7.99. The van der Waals surface area contributed by atoms with Crippen LogP contribution in [0.3, 0.4) is 0 Å². The Balaban J connectivity index is 0.00000264. The summed E-state index contributed by atoms with van der Waals surface area (Å²) in [7, 11) is 3.67. The van der Waals surface area contributed by atoms with Gasteiger partial charge in [0.25, 0.3) is 0 Å². The molecule has 5 nitrogen and oxygen atoms in total. The summed E-state index contributed by atoms with van der Waals surface area (Å²) in [5.41, 5.74) is 0.459. The van der Waals surface area contributed by atoms with Gasteiger partial charge in [-0.05, 0) is 37.0 Å². The maximum absolute atomic E-state index is 13.5. The summed E-state index contributed by atoms with van der Waals surface area (Å²) < 4.78 is 15.4. The standard InChI is InChI=1S/C15H19FN4OS.ClH/c1-10(9-17-2)14(21)19-12-8-11(16)4-5-13(12)22-15-18-6-7-20(15)3;/h4-8,10,17H,9H2,1-3H3,(H,19,21);1H. The molecule has 1 heterocycles. The van der Waals surface area contributed by atoms with E-state index in [9.17, 15) is 9.18 Å². The van der Waals surface area contributed by atoms with Crippen molar-refractivity contribution in [1.82, 2.24) is 14.9 Å². The van der Waals surface area contributed by atoms with Gasteiger partial charge in [-0.3, -0.25) is 4.79 Å². The number of benzene rings is 1. The van der Waals surface area contributed by atoms with Crippen LogP contribution in [-0.2, 0) is 11.8 Å². The van der Waals surface area contributed by atoms with Gasteiger partial charge in [0.05, 0.1) is 5.69 Å². The number of imidazole rings is 1. The second-order valence-corrected chi connectivity index (χ2v) is 6.02. The third kappa shape index (κ3) is 5.23. The van der Waals surface area contributed by atoms with Crippen molar-refractivity contribution in [2.75, 3.05) is 18.9 Å². The van der Waals surface area contributed by atoms with Crippen LogP contribution in [0.1, 0.15) is 6.92 Å². The monoisotopic (exact) mass is 358 g/mol. The Bertz CT molecular complexity index is 665. The van der Waals surface area contributed by atoms with Crippen molar-refractivity contribution < 1.29 is 9.18 Å². The number of hydrogen-bond donors (Lipinski definition) is 2. The molecule has 1 atom stereocenters. The number of hydrogen-bond acceptors (Lipinski definition) is 4. The molecule has 1 aromatic carbocycles. The molecular formula is C15H20ClFN4OS. The van der Waals surface area contributed by atoms with Gasteiger partial charge in [0.1, 0.15) is 5.82 Å². The van der Waals surface area contributed by atoms with Crippen molar-refractivity contribution in [3.05, 3.63) is 36.4 Å². The molecule has 2 aromatic rings. The summed E-state index contributed by atoms with van der Waals surface area (Å²) in [6, 6.07) is 4.35. The number of aryl methyl sites for hydroxylation is 1. The molecule has 0 aliphatic carbocycles. The molecule has 8 heteroatoms. The van der Waals surface area contributed by atoms with E-state index in [1.165, 1.54) is 23.9 Å². The third-order valence-corrected chi connectivity index (χ3v) is 4.29. The van der Waals surface area contributed by atoms with Crippen LogP contribution >= 0.6 is 24.2 Å². The van der Waals surface area contributed by atoms with Gasteiger partial charge in [0.2, 0.25) is 5.91 Å². The highest BCUT2D eigenvalue weighted by Crippen LogP contribution is 2.33. The smallest absolute Gasteiger partial charge is 0.228 e. The van der Waals surface area contributed by atoms with Gasteiger partial charge in [-0.15, -0.1) is 12.4 Å². The Morgan fingerprint density at radius 3 is 2.83 bits per heavy atom. The van der Waals surface area contributed by atoms with Crippen LogP contribution < -0.4 is 10.6 Å². The van der Waals surface area contributed by atoms with Crippen LogP contribution in [0.25, 0.3) is 0 Å². The summed E-state index contributed by atoms with van der Waals surface area (Å²) in [6.45, 7) is 2.37. The lowest BCUT2D eigenvalue weighted by atomic mass is 10.1. The molecule has 0 bridgehead atoms. The molecule has 23 heavy (non-hydrogen) atoms. The Morgan fingerprint density at radius 1 is 1.48 bits per heavy atom. The lowest BCUT2D eigenvalue weighted by Crippen LogP contribution is -2.28. The van der Waals surface area contributed by atoms with Gasteiger partial charge in [0.15, 0.2) is 5.16 Å². The van der Waals surface area contributed by atoms with E-state index in [-0.39, 0.29) is 30.0 Å². The average Bonchev–Trinajstić information content (AvgIpc) is 2.87. The summed E-state index contributed by atoms with van der Waals surface area (Å²) >= 11 is 1.38. The van der Waals surface area contributed by atoms with Crippen LogP contribution in [0, 0.1) is 11.7 Å². The number of carbonyl (C=O) groups is 1. The number of carbonyl (C=O) groups excluding carboxylic acids is 1. The minimum Gasteiger partial charge on any atom is -0.329 e. The average molecular weight is 359 g/mol. The molecule has 0 aliphatic heterocycles. The molecule has 2 rings (SSSR count). The second-order valence-electron chi connectivity index (χ2n) is 5.01. The molecule has 0 saturated heterocycles. The first-order chi connectivity index (χ1) is 10.5. The van der Waals surface area contributed by atoms with E-state index in [2.05, 4.69) is 15.6 Å². The normalized spacial score (nSPS) is 11.7. The van der Waals surface area contributed by atoms with Gasteiger partial charge in [0, 0.05) is 36.8 Å². The zero-order chi connectivity index (χ0) is 16.1. The summed E-state index contributed by atoms with van der Waals surface area (Å²) in [4.78, 5) is 17.1. The van der Waals surface area contributed by atoms with Crippen LogP contribution in [0.5, 0.6) is 0 Å². The number of anilines is 1. The Kier molecular flexibility index (Phi) is 7.54. The van der Waals surface area contributed by atoms with Crippen molar-refractivity contribution in [2.24, 2.45) is 13.0 Å². The first kappa shape index (κ1) is 19.5. The molecule has 0 saturated carbocycles. The summed E-state index contributed by atoms with van der Waals surface area (Å²) in [5.74, 6) is -0.748. The maximum atomic E-state index is 13.5. The lowest BCUT2D eigenvalue weighted by molar-refractivity contribution is -0.119. The van der Waals surface area contributed by atoms with Crippen molar-refractivity contribution in [1.29, 1.82) is 0 Å². The first-order valence-electron chi connectivity index (χ1n) is 6.91. The second kappa shape index (κ2) is 8.90. The molecule has 126 valence electrons. The zero-order valence-electron chi connectivity index (χ0n) is 13.2. The molecule has 2 N–H and O–H groups in total. The van der Waals surface area contributed by atoms with Crippen molar-refractivity contribution in [3.8, 4) is 0 Å². The molecule has 0 aliphatic rings.